The average Bonchev–Trinajstić information content (AvgIpc) is 2.01. The lowest BCUT2D eigenvalue weighted by Crippen LogP contribution is -2.31. The number of unbranched alkanes of at least 4 members (excludes halogenated alkanes) is 1. The van der Waals surface area contributed by atoms with Crippen LogP contribution in [0.5, 0.6) is 0 Å². The summed E-state index contributed by atoms with van der Waals surface area (Å²) in [6, 6.07) is 2.16. The van der Waals surface area contributed by atoms with E-state index in [-0.39, 0.29) is 6.10 Å². The van der Waals surface area contributed by atoms with Gasteiger partial charge in [-0.1, -0.05) is 0 Å². The van der Waals surface area contributed by atoms with Crippen molar-refractivity contribution in [3.8, 4) is 18.4 Å². The highest BCUT2D eigenvalue weighted by molar-refractivity contribution is 6.69. The van der Waals surface area contributed by atoms with E-state index in [0.29, 0.717) is 0 Å². The summed E-state index contributed by atoms with van der Waals surface area (Å²) in [6.45, 7) is 6.25. The third-order valence-electron chi connectivity index (χ3n) is 1.43. The van der Waals surface area contributed by atoms with Gasteiger partial charge in [-0.15, -0.1) is 12.3 Å². The van der Waals surface area contributed by atoms with Crippen molar-refractivity contribution in [2.45, 2.75) is 45.0 Å². The molecule has 0 aromatic heterocycles. The molecule has 0 radical (unpaired) electrons. The molecule has 1 atom stereocenters. The van der Waals surface area contributed by atoms with Crippen LogP contribution in [0.25, 0.3) is 0 Å². The Bertz CT molecular complexity index is 219. The van der Waals surface area contributed by atoms with Gasteiger partial charge in [0, 0.05) is 6.42 Å². The number of nitrogens with zero attached hydrogens (tertiary/aromatic N) is 1. The maximum absolute atomic E-state index is 8.78. The molecule has 0 saturated heterocycles. The Morgan fingerprint density at radius 1 is 1.46 bits per heavy atom. The second-order valence-electron chi connectivity index (χ2n) is 3.94. The lowest BCUT2D eigenvalue weighted by Gasteiger charge is -2.21. The van der Waals surface area contributed by atoms with E-state index in [4.69, 9.17) is 16.1 Å². The summed E-state index contributed by atoms with van der Waals surface area (Å²) in [5, 5.41) is 8.78. The zero-order chi connectivity index (χ0) is 10.3. The maximum atomic E-state index is 8.78. The van der Waals surface area contributed by atoms with Crippen LogP contribution in [0.3, 0.4) is 0 Å². The second kappa shape index (κ2) is 5.80. The van der Waals surface area contributed by atoms with E-state index in [1.54, 1.807) is 0 Å². The zero-order valence-electron chi connectivity index (χ0n) is 8.63. The predicted molar refractivity (Wildman–Crippen MR) is 56.5 cm³/mol. The third-order valence-corrected chi connectivity index (χ3v) is 2.42. The van der Waals surface area contributed by atoms with Crippen molar-refractivity contribution < 1.29 is 4.43 Å². The third kappa shape index (κ3) is 7.58. The molecule has 0 aliphatic carbocycles. The fraction of sp³-hybridized carbons (Fsp3) is 0.700. The van der Waals surface area contributed by atoms with E-state index in [1.807, 2.05) is 0 Å². The van der Waals surface area contributed by atoms with E-state index < -0.39 is 8.32 Å². The molecule has 0 rings (SSSR count). The van der Waals surface area contributed by atoms with Crippen molar-refractivity contribution in [1.82, 2.24) is 0 Å². The molecule has 2 nitrogen and oxygen atoms in total. The number of rotatable bonds is 5. The minimum atomic E-state index is -1.58. The molecule has 0 aliphatic rings. The Morgan fingerprint density at radius 3 is 2.46 bits per heavy atom. The molecule has 0 N–H and O–H groups in total. The number of nitriles is 1. The van der Waals surface area contributed by atoms with Crippen molar-refractivity contribution in [3.63, 3.8) is 0 Å². The van der Waals surface area contributed by atoms with Crippen LogP contribution in [-0.2, 0) is 4.43 Å². The van der Waals surface area contributed by atoms with E-state index >= 15 is 0 Å². The topological polar surface area (TPSA) is 33.0 Å². The van der Waals surface area contributed by atoms with E-state index in [9.17, 15) is 0 Å². The zero-order valence-corrected chi connectivity index (χ0v) is 9.63. The Labute approximate surface area is 82.0 Å². The molecule has 0 saturated carbocycles. The predicted octanol–water partition coefficient (Wildman–Crippen LogP) is 2.53. The summed E-state index contributed by atoms with van der Waals surface area (Å²) in [5.41, 5.74) is 0. The fourth-order valence-corrected chi connectivity index (χ4v) is 1.99. The Hall–Kier alpha value is -0.773. The molecular formula is C10H17NOSi. The van der Waals surface area contributed by atoms with Crippen molar-refractivity contribution in [1.29, 1.82) is 5.26 Å². The molecule has 3 heteroatoms. The first-order valence-electron chi connectivity index (χ1n) is 4.50. The van der Waals surface area contributed by atoms with Gasteiger partial charge in [-0.05, 0) is 32.5 Å². The van der Waals surface area contributed by atoms with Gasteiger partial charge in [0.15, 0.2) is 8.32 Å². The number of terminal acetylenes is 1. The average molecular weight is 195 g/mol. The van der Waals surface area contributed by atoms with Gasteiger partial charge in [0.05, 0.1) is 6.07 Å². The van der Waals surface area contributed by atoms with Crippen LogP contribution in [0.15, 0.2) is 0 Å². The Balaban J connectivity index is 3.80. The maximum Gasteiger partial charge on any atom is 0.185 e. The first kappa shape index (κ1) is 12.2. The molecule has 0 aliphatic heterocycles. The van der Waals surface area contributed by atoms with Gasteiger partial charge in [0.25, 0.3) is 0 Å². The molecule has 0 aromatic carbocycles. The van der Waals surface area contributed by atoms with Gasteiger partial charge in [-0.3, -0.25) is 0 Å². The highest BCUT2D eigenvalue weighted by Gasteiger charge is 2.20. The lowest BCUT2D eigenvalue weighted by atomic mass is 10.2. The van der Waals surface area contributed by atoms with Crippen molar-refractivity contribution in [2.24, 2.45) is 0 Å². The summed E-state index contributed by atoms with van der Waals surface area (Å²) in [5.74, 6) is 2.56. The van der Waals surface area contributed by atoms with Gasteiger partial charge >= 0.3 is 0 Å². The molecule has 0 bridgehead atoms. The standard InChI is InChI=1S/C10H17NOSi/c1-5-6-7-8-10(9-11)12-13(2,3)4/h1,10H,6-8H2,2-4H3. The van der Waals surface area contributed by atoms with Crippen LogP contribution in [0.4, 0.5) is 0 Å². The van der Waals surface area contributed by atoms with Crippen LogP contribution in [0, 0.1) is 23.7 Å². The smallest absolute Gasteiger partial charge is 0.185 e. The molecule has 0 fully saturated rings. The van der Waals surface area contributed by atoms with E-state index in [0.717, 1.165) is 19.3 Å². The van der Waals surface area contributed by atoms with E-state index in [1.165, 1.54) is 0 Å². The van der Waals surface area contributed by atoms with Gasteiger partial charge in [-0.25, -0.2) is 0 Å². The van der Waals surface area contributed by atoms with Crippen molar-refractivity contribution in [2.75, 3.05) is 0 Å². The molecule has 0 heterocycles. The summed E-state index contributed by atoms with van der Waals surface area (Å²) in [6.07, 6.45) is 7.21. The first-order valence-corrected chi connectivity index (χ1v) is 7.91. The summed E-state index contributed by atoms with van der Waals surface area (Å²) in [7, 11) is -1.58. The normalized spacial score (nSPS) is 13.0. The van der Waals surface area contributed by atoms with Gasteiger partial charge in [0.2, 0.25) is 0 Å². The lowest BCUT2D eigenvalue weighted by molar-refractivity contribution is 0.235. The SMILES string of the molecule is C#CCCCC(C#N)O[Si](C)(C)C. The highest BCUT2D eigenvalue weighted by Crippen LogP contribution is 2.11. The quantitative estimate of drug-likeness (QED) is 0.384. The summed E-state index contributed by atoms with van der Waals surface area (Å²) in [4.78, 5) is 0. The molecule has 0 aromatic rings. The molecule has 0 spiro atoms. The number of hydrogen-bond donors (Lipinski definition) is 0. The molecule has 0 amide bonds. The molecule has 1 unspecified atom stereocenters. The second-order valence-corrected chi connectivity index (χ2v) is 8.40. The van der Waals surface area contributed by atoms with Crippen LogP contribution >= 0.6 is 0 Å². The van der Waals surface area contributed by atoms with Gasteiger partial charge < -0.3 is 4.43 Å². The fourth-order valence-electron chi connectivity index (χ4n) is 0.966. The number of hydrogen-bond acceptors (Lipinski definition) is 2. The highest BCUT2D eigenvalue weighted by atomic mass is 28.4. The minimum Gasteiger partial charge on any atom is -0.402 e. The van der Waals surface area contributed by atoms with Crippen molar-refractivity contribution >= 4 is 8.32 Å². The van der Waals surface area contributed by atoms with Crippen molar-refractivity contribution in [3.05, 3.63) is 0 Å². The minimum absolute atomic E-state index is 0.264. The monoisotopic (exact) mass is 195 g/mol. The summed E-state index contributed by atoms with van der Waals surface area (Å²) < 4.78 is 5.64. The van der Waals surface area contributed by atoms with Crippen LogP contribution < -0.4 is 0 Å². The van der Waals surface area contributed by atoms with Gasteiger partial charge in [-0.2, -0.15) is 5.26 Å². The van der Waals surface area contributed by atoms with E-state index in [2.05, 4.69) is 31.6 Å². The van der Waals surface area contributed by atoms with Gasteiger partial charge in [0.1, 0.15) is 6.10 Å². The Kier molecular flexibility index (Phi) is 5.46. The summed E-state index contributed by atoms with van der Waals surface area (Å²) >= 11 is 0. The Morgan fingerprint density at radius 2 is 2.08 bits per heavy atom. The van der Waals surface area contributed by atoms with Crippen LogP contribution in [-0.4, -0.2) is 14.4 Å². The molecular weight excluding hydrogens is 178 g/mol. The largest absolute Gasteiger partial charge is 0.402 e. The van der Waals surface area contributed by atoms with Crippen LogP contribution in [0.1, 0.15) is 19.3 Å². The molecule has 13 heavy (non-hydrogen) atoms. The molecule has 72 valence electrons. The van der Waals surface area contributed by atoms with Crippen LogP contribution in [0.2, 0.25) is 19.6 Å². The first-order chi connectivity index (χ1) is 5.99.